The normalized spacial score (nSPS) is 11.8. The maximum Gasteiger partial charge on any atom is 0.244 e. The molecule has 0 atom stereocenters. The lowest BCUT2D eigenvalue weighted by atomic mass is 10.2. The van der Waals surface area contributed by atoms with Gasteiger partial charge in [0.2, 0.25) is 10.0 Å². The largest absolute Gasteiger partial charge is 0.495 e. The van der Waals surface area contributed by atoms with Crippen LogP contribution in [0.25, 0.3) is 0 Å². The smallest absolute Gasteiger partial charge is 0.244 e. The maximum atomic E-state index is 12.1. The maximum absolute atomic E-state index is 12.1. The predicted molar refractivity (Wildman–Crippen MR) is 78.5 cm³/mol. The van der Waals surface area contributed by atoms with Crippen molar-refractivity contribution < 1.29 is 17.9 Å². The highest BCUT2D eigenvalue weighted by Crippen LogP contribution is 2.22. The van der Waals surface area contributed by atoms with Crippen LogP contribution in [0, 0.1) is 5.92 Å². The summed E-state index contributed by atoms with van der Waals surface area (Å²) in [7, 11) is -2.08. The molecule has 1 rings (SSSR count). The molecular formula is C14H23NO4S. The van der Waals surface area contributed by atoms with E-state index in [1.165, 1.54) is 13.2 Å². The fraction of sp³-hybridized carbons (Fsp3) is 0.571. The highest BCUT2D eigenvalue weighted by atomic mass is 32.2. The monoisotopic (exact) mass is 301 g/mol. The van der Waals surface area contributed by atoms with Crippen molar-refractivity contribution in [2.24, 2.45) is 5.92 Å². The van der Waals surface area contributed by atoms with Gasteiger partial charge in [-0.05, 0) is 24.5 Å². The summed E-state index contributed by atoms with van der Waals surface area (Å²) in [6, 6.07) is 6.55. The van der Waals surface area contributed by atoms with Crippen molar-refractivity contribution in [2.45, 2.75) is 25.2 Å². The van der Waals surface area contributed by atoms with Crippen LogP contribution in [0.1, 0.15) is 20.3 Å². The Morgan fingerprint density at radius 3 is 2.60 bits per heavy atom. The number of nitrogens with one attached hydrogen (secondary N) is 1. The van der Waals surface area contributed by atoms with Gasteiger partial charge in [-0.3, -0.25) is 0 Å². The molecule has 0 fully saturated rings. The predicted octanol–water partition coefficient (Wildman–Crippen LogP) is 2.04. The summed E-state index contributed by atoms with van der Waals surface area (Å²) >= 11 is 0. The first-order chi connectivity index (χ1) is 9.47. The first kappa shape index (κ1) is 16.9. The molecule has 0 bridgehead atoms. The molecule has 114 valence electrons. The van der Waals surface area contributed by atoms with Gasteiger partial charge in [0.15, 0.2) is 0 Å². The molecule has 0 spiro atoms. The average molecular weight is 301 g/mol. The molecule has 0 aliphatic heterocycles. The molecule has 0 saturated heterocycles. The first-order valence-electron chi connectivity index (χ1n) is 6.68. The number of hydrogen-bond donors (Lipinski definition) is 1. The second-order valence-corrected chi connectivity index (χ2v) is 6.61. The Hall–Kier alpha value is -1.11. The number of sulfonamides is 1. The second-order valence-electron chi connectivity index (χ2n) is 4.87. The van der Waals surface area contributed by atoms with E-state index in [1.54, 1.807) is 18.2 Å². The molecule has 0 aliphatic rings. The zero-order chi connectivity index (χ0) is 15.0. The van der Waals surface area contributed by atoms with Crippen molar-refractivity contribution in [3.05, 3.63) is 24.3 Å². The standard InChI is InChI=1S/C14H23NO4S/c1-12(2)11-19-10-6-9-15-20(16,17)14-8-5-4-7-13(14)18-3/h4-5,7-8,12,15H,6,9-11H2,1-3H3. The molecule has 0 heterocycles. The lowest BCUT2D eigenvalue weighted by Gasteiger charge is -2.11. The van der Waals surface area contributed by atoms with Crippen molar-refractivity contribution in [3.8, 4) is 5.75 Å². The van der Waals surface area contributed by atoms with Gasteiger partial charge in [-0.25, -0.2) is 13.1 Å². The summed E-state index contributed by atoms with van der Waals surface area (Å²) in [5.41, 5.74) is 0. The summed E-state index contributed by atoms with van der Waals surface area (Å²) in [6.45, 7) is 5.74. The Morgan fingerprint density at radius 2 is 1.95 bits per heavy atom. The van der Waals surface area contributed by atoms with Crippen LogP contribution in [-0.4, -0.2) is 35.3 Å². The van der Waals surface area contributed by atoms with Crippen LogP contribution in [0.4, 0.5) is 0 Å². The minimum atomic E-state index is -3.54. The second kappa shape index (κ2) is 8.24. The number of para-hydroxylation sites is 1. The third-order valence-corrected chi connectivity index (χ3v) is 4.07. The van der Waals surface area contributed by atoms with E-state index in [0.29, 0.717) is 37.8 Å². The van der Waals surface area contributed by atoms with Crippen LogP contribution < -0.4 is 9.46 Å². The highest BCUT2D eigenvalue weighted by Gasteiger charge is 2.17. The van der Waals surface area contributed by atoms with Crippen LogP contribution in [0.15, 0.2) is 29.2 Å². The van der Waals surface area contributed by atoms with Gasteiger partial charge in [0.05, 0.1) is 7.11 Å². The lowest BCUT2D eigenvalue weighted by molar-refractivity contribution is 0.108. The zero-order valence-corrected chi connectivity index (χ0v) is 13.1. The van der Waals surface area contributed by atoms with Crippen LogP contribution in [-0.2, 0) is 14.8 Å². The summed E-state index contributed by atoms with van der Waals surface area (Å²) in [5.74, 6) is 0.830. The van der Waals surface area contributed by atoms with Gasteiger partial charge in [0.25, 0.3) is 0 Å². The van der Waals surface area contributed by atoms with Crippen LogP contribution >= 0.6 is 0 Å². The molecule has 0 radical (unpaired) electrons. The molecule has 0 aliphatic carbocycles. The Balaban J connectivity index is 2.46. The number of rotatable bonds is 9. The van der Waals surface area contributed by atoms with Gasteiger partial charge in [0, 0.05) is 19.8 Å². The van der Waals surface area contributed by atoms with Gasteiger partial charge in [-0.2, -0.15) is 0 Å². The van der Waals surface area contributed by atoms with Gasteiger partial charge < -0.3 is 9.47 Å². The van der Waals surface area contributed by atoms with E-state index in [1.807, 2.05) is 0 Å². The van der Waals surface area contributed by atoms with Gasteiger partial charge in [-0.15, -0.1) is 0 Å². The molecule has 20 heavy (non-hydrogen) atoms. The fourth-order valence-corrected chi connectivity index (χ4v) is 2.86. The number of hydrogen-bond acceptors (Lipinski definition) is 4. The Bertz CT molecular complexity index is 500. The topological polar surface area (TPSA) is 64.6 Å². The van der Waals surface area contributed by atoms with Crippen LogP contribution in [0.3, 0.4) is 0 Å². The average Bonchev–Trinajstić information content (AvgIpc) is 2.42. The molecule has 1 aromatic carbocycles. The molecule has 1 N–H and O–H groups in total. The van der Waals surface area contributed by atoms with Gasteiger partial charge in [-0.1, -0.05) is 26.0 Å². The number of benzene rings is 1. The summed E-state index contributed by atoms with van der Waals surface area (Å²) < 4.78 is 37.3. The summed E-state index contributed by atoms with van der Waals surface area (Å²) in [6.07, 6.45) is 0.640. The third kappa shape index (κ3) is 5.48. The van der Waals surface area contributed by atoms with Crippen molar-refractivity contribution in [2.75, 3.05) is 26.9 Å². The Kier molecular flexibility index (Phi) is 6.98. The SMILES string of the molecule is COc1ccccc1S(=O)(=O)NCCCOCC(C)C. The lowest BCUT2D eigenvalue weighted by Crippen LogP contribution is -2.26. The van der Waals surface area contributed by atoms with E-state index < -0.39 is 10.0 Å². The highest BCUT2D eigenvalue weighted by molar-refractivity contribution is 7.89. The van der Waals surface area contributed by atoms with Crippen molar-refractivity contribution in [1.82, 2.24) is 4.72 Å². The molecule has 0 saturated carbocycles. The van der Waals surface area contributed by atoms with Crippen LogP contribution in [0.2, 0.25) is 0 Å². The summed E-state index contributed by atoms with van der Waals surface area (Å²) in [4.78, 5) is 0.158. The molecule has 6 heteroatoms. The van der Waals surface area contributed by atoms with Gasteiger partial charge in [0.1, 0.15) is 10.6 Å². The minimum Gasteiger partial charge on any atom is -0.495 e. The number of methoxy groups -OCH3 is 1. The van der Waals surface area contributed by atoms with E-state index >= 15 is 0 Å². The molecule has 0 aromatic heterocycles. The van der Waals surface area contributed by atoms with Crippen molar-refractivity contribution in [3.63, 3.8) is 0 Å². The molecular weight excluding hydrogens is 278 g/mol. The summed E-state index contributed by atoms with van der Waals surface area (Å²) in [5, 5.41) is 0. The van der Waals surface area contributed by atoms with Crippen molar-refractivity contribution in [1.29, 1.82) is 0 Å². The number of ether oxygens (including phenoxy) is 2. The van der Waals surface area contributed by atoms with E-state index in [-0.39, 0.29) is 4.90 Å². The van der Waals surface area contributed by atoms with E-state index in [2.05, 4.69) is 18.6 Å². The van der Waals surface area contributed by atoms with Gasteiger partial charge >= 0.3 is 0 Å². The first-order valence-corrected chi connectivity index (χ1v) is 8.16. The Morgan fingerprint density at radius 1 is 1.25 bits per heavy atom. The molecule has 5 nitrogen and oxygen atoms in total. The molecule has 0 unspecified atom stereocenters. The molecule has 1 aromatic rings. The van der Waals surface area contributed by atoms with Crippen LogP contribution in [0.5, 0.6) is 5.75 Å². The molecule has 0 amide bonds. The quantitative estimate of drug-likeness (QED) is 0.709. The zero-order valence-electron chi connectivity index (χ0n) is 12.3. The van der Waals surface area contributed by atoms with Crippen molar-refractivity contribution >= 4 is 10.0 Å². The third-order valence-electron chi connectivity index (χ3n) is 2.57. The van der Waals surface area contributed by atoms with E-state index in [0.717, 1.165) is 0 Å². The van der Waals surface area contributed by atoms with E-state index in [4.69, 9.17) is 9.47 Å². The Labute approximate surface area is 121 Å². The fourth-order valence-electron chi connectivity index (χ4n) is 1.62. The minimum absolute atomic E-state index is 0.158. The van der Waals surface area contributed by atoms with E-state index in [9.17, 15) is 8.42 Å².